The topological polar surface area (TPSA) is 151 Å². The minimum atomic E-state index is -0.708. The van der Waals surface area contributed by atoms with Crippen molar-refractivity contribution in [2.24, 2.45) is 7.05 Å². The second-order valence-corrected chi connectivity index (χ2v) is 8.85. The summed E-state index contributed by atoms with van der Waals surface area (Å²) in [6, 6.07) is 11.7. The van der Waals surface area contributed by atoms with Gasteiger partial charge in [0, 0.05) is 7.05 Å². The molecule has 1 aromatic heterocycles. The number of rotatable bonds is 12. The van der Waals surface area contributed by atoms with E-state index in [0.29, 0.717) is 22.5 Å². The van der Waals surface area contributed by atoms with Gasteiger partial charge in [-0.05, 0) is 43.2 Å². The van der Waals surface area contributed by atoms with Crippen LogP contribution in [0.4, 0.5) is 11.4 Å². The maximum Gasteiger partial charge on any atom is 0.296 e. The zero-order chi connectivity index (χ0) is 26.9. The molecule has 13 heteroatoms. The monoisotopic (exact) mass is 528 g/mol. The maximum atomic E-state index is 12.5. The van der Waals surface area contributed by atoms with Gasteiger partial charge in [0.05, 0.1) is 30.4 Å². The third-order valence-electron chi connectivity index (χ3n) is 5.37. The summed E-state index contributed by atoms with van der Waals surface area (Å²) in [5.74, 6) is 0.594. The molecule has 0 spiro atoms. The standard InChI is InChI=1S/C24H28N6O6S/c1-5-16-6-8-17(9-7-16)36-15(2)23(32)25-13-21-27-28-24(29(21)3)37-14-22(31)26-19-11-10-18(35-4)12-20(19)30(33)34/h6-12,15H,5,13-14H2,1-4H3,(H,25,32)(H,26,31)/t15-/m0/s1. The van der Waals surface area contributed by atoms with Crippen LogP contribution in [-0.4, -0.2) is 50.5 Å². The first-order chi connectivity index (χ1) is 17.7. The molecule has 1 heterocycles. The number of nitro groups is 1. The Kier molecular flexibility index (Phi) is 9.44. The Morgan fingerprint density at radius 3 is 2.51 bits per heavy atom. The van der Waals surface area contributed by atoms with Gasteiger partial charge in [0.15, 0.2) is 17.1 Å². The molecule has 37 heavy (non-hydrogen) atoms. The number of thioether (sulfide) groups is 1. The largest absolute Gasteiger partial charge is 0.496 e. The van der Waals surface area contributed by atoms with Gasteiger partial charge in [0.25, 0.3) is 11.6 Å². The molecule has 3 aromatic rings. The van der Waals surface area contributed by atoms with Crippen LogP contribution in [0.2, 0.25) is 0 Å². The fraction of sp³-hybridized carbons (Fsp3) is 0.333. The van der Waals surface area contributed by atoms with Crippen LogP contribution in [0.5, 0.6) is 11.5 Å². The van der Waals surface area contributed by atoms with Crippen molar-refractivity contribution in [3.8, 4) is 11.5 Å². The summed E-state index contributed by atoms with van der Waals surface area (Å²) in [4.78, 5) is 35.6. The van der Waals surface area contributed by atoms with E-state index < -0.39 is 16.9 Å². The van der Waals surface area contributed by atoms with Crippen molar-refractivity contribution in [3.05, 3.63) is 64.0 Å². The number of nitro benzene ring substituents is 1. The van der Waals surface area contributed by atoms with E-state index in [1.807, 2.05) is 24.3 Å². The van der Waals surface area contributed by atoms with Crippen LogP contribution >= 0.6 is 11.8 Å². The summed E-state index contributed by atoms with van der Waals surface area (Å²) in [6.45, 7) is 3.84. The van der Waals surface area contributed by atoms with E-state index in [0.717, 1.165) is 18.2 Å². The fourth-order valence-electron chi connectivity index (χ4n) is 3.21. The Hall–Kier alpha value is -4.13. The van der Waals surface area contributed by atoms with E-state index in [-0.39, 0.29) is 29.6 Å². The van der Waals surface area contributed by atoms with Crippen molar-refractivity contribution >= 4 is 35.0 Å². The number of nitrogens with one attached hydrogen (secondary N) is 2. The Morgan fingerprint density at radius 1 is 1.16 bits per heavy atom. The van der Waals surface area contributed by atoms with Crippen molar-refractivity contribution in [1.29, 1.82) is 0 Å². The van der Waals surface area contributed by atoms with E-state index in [4.69, 9.17) is 9.47 Å². The molecule has 1 atom stereocenters. The molecule has 2 amide bonds. The molecule has 0 radical (unpaired) electrons. The first-order valence-electron chi connectivity index (χ1n) is 11.4. The molecule has 0 aliphatic carbocycles. The first-order valence-corrected chi connectivity index (χ1v) is 12.4. The van der Waals surface area contributed by atoms with Gasteiger partial charge in [-0.15, -0.1) is 10.2 Å². The molecule has 3 rings (SSSR count). The van der Waals surface area contributed by atoms with Gasteiger partial charge >= 0.3 is 0 Å². The molecule has 2 aromatic carbocycles. The number of carbonyl (C=O) groups excluding carboxylic acids is 2. The average molecular weight is 529 g/mol. The number of nitrogens with zero attached hydrogens (tertiary/aromatic N) is 4. The van der Waals surface area contributed by atoms with Crippen LogP contribution in [0.1, 0.15) is 25.2 Å². The van der Waals surface area contributed by atoms with E-state index in [9.17, 15) is 19.7 Å². The van der Waals surface area contributed by atoms with Gasteiger partial charge < -0.3 is 24.7 Å². The number of hydrogen-bond acceptors (Lipinski definition) is 9. The highest BCUT2D eigenvalue weighted by molar-refractivity contribution is 7.99. The molecule has 12 nitrogen and oxygen atoms in total. The highest BCUT2D eigenvalue weighted by atomic mass is 32.2. The second kappa shape index (κ2) is 12.7. The van der Waals surface area contributed by atoms with Crippen molar-refractivity contribution in [3.63, 3.8) is 0 Å². The molecule has 2 N–H and O–H groups in total. The smallest absolute Gasteiger partial charge is 0.296 e. The number of aryl methyl sites for hydroxylation is 1. The number of anilines is 1. The van der Waals surface area contributed by atoms with Gasteiger partial charge in [-0.1, -0.05) is 30.8 Å². The zero-order valence-electron chi connectivity index (χ0n) is 20.9. The lowest BCUT2D eigenvalue weighted by Gasteiger charge is -2.15. The van der Waals surface area contributed by atoms with Crippen LogP contribution in [0, 0.1) is 10.1 Å². The SMILES string of the molecule is CCc1ccc(O[C@@H](C)C(=O)NCc2nnc(SCC(=O)Nc3ccc(OC)cc3[N+](=O)[O-])n2C)cc1. The number of ether oxygens (including phenoxy) is 2. The van der Waals surface area contributed by atoms with Gasteiger partial charge in [-0.2, -0.15) is 0 Å². The number of carbonyl (C=O) groups is 2. The summed E-state index contributed by atoms with van der Waals surface area (Å²) in [5.41, 5.74) is 0.973. The highest BCUT2D eigenvalue weighted by Gasteiger charge is 2.19. The Bertz CT molecular complexity index is 1260. The Labute approximate surface area is 217 Å². The fourth-order valence-corrected chi connectivity index (χ4v) is 3.94. The normalized spacial score (nSPS) is 11.5. The summed E-state index contributed by atoms with van der Waals surface area (Å²) in [5, 5.41) is 25.2. The van der Waals surface area contributed by atoms with Crippen molar-refractivity contribution in [2.45, 2.75) is 38.1 Å². The molecule has 0 aliphatic rings. The van der Waals surface area contributed by atoms with Crippen LogP contribution in [0.3, 0.4) is 0 Å². The summed E-state index contributed by atoms with van der Waals surface area (Å²) in [6.07, 6.45) is 0.213. The molecular formula is C24H28N6O6S. The van der Waals surface area contributed by atoms with E-state index in [1.54, 1.807) is 18.5 Å². The third kappa shape index (κ3) is 7.43. The molecule has 0 saturated heterocycles. The minimum absolute atomic E-state index is 0.0524. The van der Waals surface area contributed by atoms with E-state index in [2.05, 4.69) is 27.8 Å². The Balaban J connectivity index is 1.50. The quantitative estimate of drug-likeness (QED) is 0.205. The molecule has 0 saturated carbocycles. The number of aromatic nitrogens is 3. The van der Waals surface area contributed by atoms with E-state index >= 15 is 0 Å². The Morgan fingerprint density at radius 2 is 1.86 bits per heavy atom. The van der Waals surface area contributed by atoms with Gasteiger partial charge in [0.2, 0.25) is 5.91 Å². The number of amides is 2. The summed E-state index contributed by atoms with van der Waals surface area (Å²) >= 11 is 1.11. The molecule has 0 unspecified atom stereocenters. The van der Waals surface area contributed by atoms with Crippen LogP contribution < -0.4 is 20.1 Å². The first kappa shape index (κ1) is 27.5. The predicted molar refractivity (Wildman–Crippen MR) is 138 cm³/mol. The summed E-state index contributed by atoms with van der Waals surface area (Å²) < 4.78 is 12.3. The summed E-state index contributed by atoms with van der Waals surface area (Å²) in [7, 11) is 3.11. The average Bonchev–Trinajstić information content (AvgIpc) is 3.25. The van der Waals surface area contributed by atoms with Crippen LogP contribution in [0.25, 0.3) is 0 Å². The predicted octanol–water partition coefficient (Wildman–Crippen LogP) is 3.11. The van der Waals surface area contributed by atoms with Gasteiger partial charge in [-0.25, -0.2) is 0 Å². The number of methoxy groups -OCH3 is 1. The lowest BCUT2D eigenvalue weighted by molar-refractivity contribution is -0.384. The van der Waals surface area contributed by atoms with Crippen molar-refractivity contribution in [2.75, 3.05) is 18.2 Å². The molecule has 0 fully saturated rings. The lowest BCUT2D eigenvalue weighted by atomic mass is 10.2. The van der Waals surface area contributed by atoms with Crippen molar-refractivity contribution < 1.29 is 24.0 Å². The van der Waals surface area contributed by atoms with Crippen molar-refractivity contribution in [1.82, 2.24) is 20.1 Å². The maximum absolute atomic E-state index is 12.5. The number of benzene rings is 2. The molecule has 0 bridgehead atoms. The lowest BCUT2D eigenvalue weighted by Crippen LogP contribution is -2.36. The molecule has 196 valence electrons. The van der Waals surface area contributed by atoms with Gasteiger partial charge in [-0.3, -0.25) is 19.7 Å². The zero-order valence-corrected chi connectivity index (χ0v) is 21.7. The third-order valence-corrected chi connectivity index (χ3v) is 6.39. The van der Waals surface area contributed by atoms with Crippen LogP contribution in [-0.2, 0) is 29.6 Å². The van der Waals surface area contributed by atoms with Gasteiger partial charge in [0.1, 0.15) is 17.2 Å². The highest BCUT2D eigenvalue weighted by Crippen LogP contribution is 2.29. The van der Waals surface area contributed by atoms with Crippen LogP contribution in [0.15, 0.2) is 47.6 Å². The minimum Gasteiger partial charge on any atom is -0.496 e. The van der Waals surface area contributed by atoms with E-state index in [1.165, 1.54) is 30.9 Å². The number of hydrogen-bond donors (Lipinski definition) is 2. The molecular weight excluding hydrogens is 500 g/mol. The second-order valence-electron chi connectivity index (χ2n) is 7.91. The molecule has 0 aliphatic heterocycles.